The highest BCUT2D eigenvalue weighted by Crippen LogP contribution is 2.44. The Morgan fingerprint density at radius 3 is 2.08 bits per heavy atom. The number of rotatable bonds is 13. The molecule has 4 atom stereocenters. The van der Waals surface area contributed by atoms with E-state index in [2.05, 4.69) is 10.1 Å². The first-order valence-corrected chi connectivity index (χ1v) is 15.8. The third kappa shape index (κ3) is 7.82. The van der Waals surface area contributed by atoms with Crippen LogP contribution >= 0.6 is 11.8 Å². The first-order chi connectivity index (χ1) is 22.8. The fraction of sp³-hybridized carbons (Fsp3) is 0.296. The Hall–Kier alpha value is -5.66. The lowest BCUT2D eigenvalue weighted by molar-refractivity contribution is -0.385. The number of nitro groups is 2. The molecule has 0 aliphatic carbocycles. The molecule has 2 aromatic carbocycles. The van der Waals surface area contributed by atoms with Crippen LogP contribution in [-0.2, 0) is 47.8 Å². The molecular weight excluding hydrogens is 680 g/mol. The number of non-ortho nitro benzene ring substituents is 2. The number of hydrogen-bond acceptors (Lipinski definition) is 13. The maximum absolute atomic E-state index is 13.4. The molecule has 2 aromatic rings. The van der Waals surface area contributed by atoms with Crippen LogP contribution in [0, 0.1) is 26.1 Å². The van der Waals surface area contributed by atoms with Crippen LogP contribution in [0.2, 0.25) is 0 Å². The summed E-state index contributed by atoms with van der Waals surface area (Å²) >= 11 is 0.744. The van der Waals surface area contributed by atoms with Crippen LogP contribution in [0.4, 0.5) is 21.0 Å². The lowest BCUT2D eigenvalue weighted by Crippen LogP contribution is -2.69. The molecule has 0 radical (unpaired) electrons. The molecule has 2 amide bonds. The Balaban J connectivity index is 1.34. The number of thioether (sulfide) groups is 1. The Bertz CT molecular complexity index is 1760. The molecule has 0 spiro atoms. The highest BCUT2D eigenvalue weighted by atomic mass is 32.2. The topological polar surface area (TPSA) is 271 Å². The zero-order valence-electron chi connectivity index (χ0n) is 24.6. The lowest BCUT2D eigenvalue weighted by Gasteiger charge is -2.48. The van der Waals surface area contributed by atoms with Gasteiger partial charge in [-0.25, -0.2) is 18.6 Å². The number of carbonyl (C=O) groups excluding carboxylic acids is 3. The molecule has 4 rings (SSSR count). The molecule has 21 heteroatoms. The van der Waals surface area contributed by atoms with E-state index in [0.717, 1.165) is 16.7 Å². The molecule has 0 aromatic heterocycles. The first-order valence-electron chi connectivity index (χ1n) is 13.6. The second-order valence-corrected chi connectivity index (χ2v) is 12.4. The monoisotopic (exact) mass is 704 g/mol. The molecule has 2 aliphatic heterocycles. The van der Waals surface area contributed by atoms with Crippen molar-refractivity contribution in [1.82, 2.24) is 10.2 Å². The van der Waals surface area contributed by atoms with Crippen molar-refractivity contribution in [1.29, 1.82) is 0 Å². The molecular formula is C27H24N6O13S2. The number of nitrogens with one attached hydrogen (secondary N) is 1. The molecule has 2 heterocycles. The summed E-state index contributed by atoms with van der Waals surface area (Å²) < 4.78 is 28.6. The quantitative estimate of drug-likeness (QED) is 0.0577. The van der Waals surface area contributed by atoms with Crippen molar-refractivity contribution < 1.29 is 57.3 Å². The number of amides is 2. The molecule has 0 saturated carbocycles. The predicted octanol–water partition coefficient (Wildman–Crippen LogP) is 2.68. The molecule has 252 valence electrons. The Kier molecular flexibility index (Phi) is 11.2. The second kappa shape index (κ2) is 15.3. The zero-order valence-corrected chi connectivity index (χ0v) is 26.2. The fourth-order valence-corrected chi connectivity index (χ4v) is 7.46. The number of nitrogens with zero attached hydrogens (tertiary/aromatic N) is 5. The minimum Gasteiger partial charge on any atom is -0.477 e. The van der Waals surface area contributed by atoms with Gasteiger partial charge < -0.3 is 30.2 Å². The summed E-state index contributed by atoms with van der Waals surface area (Å²) in [5, 5.41) is 32.0. The summed E-state index contributed by atoms with van der Waals surface area (Å²) in [6.45, 7) is 0.702. The van der Waals surface area contributed by atoms with Crippen molar-refractivity contribution in [3.63, 3.8) is 0 Å². The van der Waals surface area contributed by atoms with E-state index in [9.17, 15) is 54.3 Å². The lowest BCUT2D eigenvalue weighted by atomic mass is 9.91. The molecule has 2 N–H and O–H groups in total. The normalized spacial score (nSPS) is 18.9. The number of carboxylic acid groups (broad SMARTS) is 1. The minimum atomic E-state index is -2.28. The van der Waals surface area contributed by atoms with Gasteiger partial charge in [0.05, 0.1) is 9.85 Å². The number of carboxylic acids is 1. The van der Waals surface area contributed by atoms with Crippen LogP contribution < -0.4 is 5.32 Å². The van der Waals surface area contributed by atoms with Crippen molar-refractivity contribution in [2.75, 3.05) is 12.3 Å². The van der Waals surface area contributed by atoms with Gasteiger partial charge in [0.1, 0.15) is 35.5 Å². The Labute approximate surface area is 276 Å². The predicted molar refractivity (Wildman–Crippen MR) is 163 cm³/mol. The molecule has 1 unspecified atom stereocenters. The van der Waals surface area contributed by atoms with Crippen molar-refractivity contribution in [2.45, 2.75) is 31.6 Å². The highest BCUT2D eigenvalue weighted by Gasteiger charge is 2.63. The van der Waals surface area contributed by atoms with Crippen LogP contribution in [0.3, 0.4) is 0 Å². The van der Waals surface area contributed by atoms with E-state index >= 15 is 0 Å². The second-order valence-electron chi connectivity index (χ2n) is 9.87. The standard InChI is InChI=1S/C27H24N6O13S2/c1-14(46-27(38)45-13-16-4-8-18(9-5-16)33(41)42)19-23(34)31-20(25(35)36)21(22(30-28)48(43)24(19)31)47-11-10-29-26(37)44-12-15-2-6-17(7-3-15)32(39)40/h2-9,14,19,24H,10-13H2,1H3,(H,29,37)(H,35,36)/t14?,19-,24-,48-/m0/s1. The van der Waals surface area contributed by atoms with Gasteiger partial charge in [0.15, 0.2) is 16.5 Å². The third-order valence-corrected chi connectivity index (χ3v) is 9.69. The van der Waals surface area contributed by atoms with Gasteiger partial charge in [0.2, 0.25) is 5.91 Å². The third-order valence-electron chi connectivity index (χ3n) is 6.86. The Morgan fingerprint density at radius 2 is 1.58 bits per heavy atom. The first kappa shape index (κ1) is 35.2. The maximum Gasteiger partial charge on any atom is 0.508 e. The number of hydrogen-bond donors (Lipinski definition) is 2. The van der Waals surface area contributed by atoms with E-state index in [-0.39, 0.29) is 41.8 Å². The van der Waals surface area contributed by atoms with Crippen LogP contribution in [0.1, 0.15) is 18.1 Å². The van der Waals surface area contributed by atoms with Crippen LogP contribution in [0.15, 0.2) is 59.1 Å². The van der Waals surface area contributed by atoms with Gasteiger partial charge in [-0.2, -0.15) is 4.79 Å². The smallest absolute Gasteiger partial charge is 0.477 e. The summed E-state index contributed by atoms with van der Waals surface area (Å²) in [7, 11) is -2.28. The van der Waals surface area contributed by atoms with Crippen LogP contribution in [-0.4, -0.2) is 81.8 Å². The van der Waals surface area contributed by atoms with Crippen LogP contribution in [0.25, 0.3) is 5.53 Å². The van der Waals surface area contributed by atoms with E-state index in [1.807, 2.05) is 0 Å². The van der Waals surface area contributed by atoms with E-state index in [1.54, 1.807) is 0 Å². The summed E-state index contributed by atoms with van der Waals surface area (Å²) in [6.07, 6.45) is -3.32. The summed E-state index contributed by atoms with van der Waals surface area (Å²) in [6, 6.07) is 10.5. The van der Waals surface area contributed by atoms with Gasteiger partial charge in [-0.05, 0) is 42.3 Å². The van der Waals surface area contributed by atoms with Crippen molar-refractivity contribution in [3.8, 4) is 0 Å². The van der Waals surface area contributed by atoms with E-state index in [4.69, 9.17) is 14.2 Å². The summed E-state index contributed by atoms with van der Waals surface area (Å²) in [5.74, 6) is -3.75. The summed E-state index contributed by atoms with van der Waals surface area (Å²) in [5.41, 5.74) is 9.65. The van der Waals surface area contributed by atoms with Crippen LogP contribution in [0.5, 0.6) is 0 Å². The molecule has 19 nitrogen and oxygen atoms in total. The molecule has 1 saturated heterocycles. The average molecular weight is 705 g/mol. The van der Waals surface area contributed by atoms with Gasteiger partial charge in [-0.3, -0.25) is 29.9 Å². The number of aliphatic carboxylic acids is 1. The van der Waals surface area contributed by atoms with Crippen molar-refractivity contribution in [2.24, 2.45) is 5.92 Å². The number of carbonyl (C=O) groups is 4. The largest absolute Gasteiger partial charge is 0.508 e. The molecule has 0 bridgehead atoms. The number of fused-ring (bicyclic) bond motifs is 1. The number of nitro benzene ring substituents is 2. The molecule has 1 fully saturated rings. The van der Waals surface area contributed by atoms with Crippen molar-refractivity contribution >= 4 is 63.1 Å². The van der Waals surface area contributed by atoms with E-state index in [1.165, 1.54) is 55.5 Å². The van der Waals surface area contributed by atoms with Gasteiger partial charge in [0, 0.05) is 36.6 Å². The van der Waals surface area contributed by atoms with E-state index in [0.29, 0.717) is 11.1 Å². The number of alkyl carbamates (subject to hydrolysis) is 1. The number of benzene rings is 2. The fourth-order valence-electron chi connectivity index (χ4n) is 4.55. The molecule has 2 aliphatic rings. The maximum atomic E-state index is 13.4. The highest BCUT2D eigenvalue weighted by molar-refractivity contribution is 8.10. The Morgan fingerprint density at radius 1 is 1.04 bits per heavy atom. The number of β-lactam (4-membered cyclic amide) rings is 1. The van der Waals surface area contributed by atoms with Gasteiger partial charge in [-0.15, -0.1) is 11.8 Å². The van der Waals surface area contributed by atoms with Gasteiger partial charge in [0.25, 0.3) is 11.4 Å². The summed E-state index contributed by atoms with van der Waals surface area (Å²) in [4.78, 5) is 73.6. The number of ether oxygens (including phenoxy) is 3. The SMILES string of the molecule is CC(OC(=O)OCc1ccc([N+](=O)[O-])cc1)[C@H]1C(=O)N2C(C(=O)O)=C(SCCNC(=O)OCc3ccc([N+](=O)[O-])cc3)C(=[N+]=[N-])[S@](=O)[C@@H]12. The molecule has 48 heavy (non-hydrogen) atoms. The van der Waals surface area contributed by atoms with Gasteiger partial charge in [-0.1, -0.05) is 0 Å². The van der Waals surface area contributed by atoms with E-state index < -0.39 is 72.9 Å². The minimum absolute atomic E-state index is 0.0365. The zero-order chi connectivity index (χ0) is 35.1. The van der Waals surface area contributed by atoms with Crippen molar-refractivity contribution in [3.05, 3.63) is 96.0 Å². The van der Waals surface area contributed by atoms with Gasteiger partial charge >= 0.3 is 23.3 Å². The average Bonchev–Trinajstić information content (AvgIpc) is 3.05.